The van der Waals surface area contributed by atoms with Crippen LogP contribution in [0.15, 0.2) is 11.4 Å². The van der Waals surface area contributed by atoms with Gasteiger partial charge in [-0.25, -0.2) is 9.59 Å². The van der Waals surface area contributed by atoms with E-state index in [1.807, 2.05) is 0 Å². The zero-order valence-electron chi connectivity index (χ0n) is 8.64. The summed E-state index contributed by atoms with van der Waals surface area (Å²) in [4.78, 5) is 23.5. The number of thiophene rings is 1. The standard InChI is InChI=1S/C9H12N2O4S/c1-11(3-4-12)9(15)10-7-6(8(13)14)2-5-16-7/h2,5,12H,3-4H2,1H3,(H,10,15)(H,13,14). The van der Waals surface area contributed by atoms with Gasteiger partial charge in [0.2, 0.25) is 0 Å². The number of aliphatic hydroxyl groups is 1. The number of carbonyl (C=O) groups excluding carboxylic acids is 1. The van der Waals surface area contributed by atoms with E-state index in [2.05, 4.69) is 5.32 Å². The van der Waals surface area contributed by atoms with Crippen LogP contribution in [-0.4, -0.2) is 47.3 Å². The molecule has 0 radical (unpaired) electrons. The number of nitrogens with one attached hydrogen (secondary N) is 1. The van der Waals surface area contributed by atoms with Gasteiger partial charge in [-0.3, -0.25) is 5.32 Å². The van der Waals surface area contributed by atoms with Crippen molar-refractivity contribution >= 4 is 28.3 Å². The van der Waals surface area contributed by atoms with Crippen LogP contribution in [0.1, 0.15) is 10.4 Å². The first kappa shape index (κ1) is 12.5. The van der Waals surface area contributed by atoms with Crippen molar-refractivity contribution in [2.45, 2.75) is 0 Å². The van der Waals surface area contributed by atoms with Gasteiger partial charge in [-0.15, -0.1) is 11.3 Å². The van der Waals surface area contributed by atoms with Crippen LogP contribution < -0.4 is 5.32 Å². The third kappa shape index (κ3) is 2.94. The predicted molar refractivity (Wildman–Crippen MR) is 60.0 cm³/mol. The number of amides is 2. The zero-order chi connectivity index (χ0) is 12.1. The summed E-state index contributed by atoms with van der Waals surface area (Å²) in [6, 6.07) is 0.980. The number of nitrogens with zero attached hydrogens (tertiary/aromatic N) is 1. The number of hydrogen-bond acceptors (Lipinski definition) is 4. The summed E-state index contributed by atoms with van der Waals surface area (Å²) in [6.07, 6.45) is 0. The topological polar surface area (TPSA) is 89.9 Å². The summed E-state index contributed by atoms with van der Waals surface area (Å²) in [7, 11) is 1.51. The number of hydrogen-bond donors (Lipinski definition) is 3. The Morgan fingerprint density at radius 1 is 1.56 bits per heavy atom. The molecule has 7 heteroatoms. The number of aliphatic hydroxyl groups excluding tert-OH is 1. The summed E-state index contributed by atoms with van der Waals surface area (Å²) in [5.41, 5.74) is 0.0655. The monoisotopic (exact) mass is 244 g/mol. The van der Waals surface area contributed by atoms with Crippen molar-refractivity contribution in [3.05, 3.63) is 17.0 Å². The Kier molecular flexibility index (Phi) is 4.27. The van der Waals surface area contributed by atoms with Gasteiger partial charge in [0.25, 0.3) is 0 Å². The van der Waals surface area contributed by atoms with Crippen molar-refractivity contribution in [1.29, 1.82) is 0 Å². The fourth-order valence-electron chi connectivity index (χ4n) is 1.02. The van der Waals surface area contributed by atoms with Crippen LogP contribution >= 0.6 is 11.3 Å². The highest BCUT2D eigenvalue weighted by Gasteiger charge is 2.15. The molecule has 0 bridgehead atoms. The molecule has 1 aromatic heterocycles. The third-order valence-electron chi connectivity index (χ3n) is 1.90. The van der Waals surface area contributed by atoms with E-state index in [9.17, 15) is 9.59 Å². The number of aromatic carboxylic acids is 1. The summed E-state index contributed by atoms with van der Waals surface area (Å²) >= 11 is 1.14. The van der Waals surface area contributed by atoms with Crippen LogP contribution in [0, 0.1) is 0 Å². The van der Waals surface area contributed by atoms with Crippen molar-refractivity contribution in [3.63, 3.8) is 0 Å². The molecule has 0 fully saturated rings. The molecule has 0 saturated carbocycles. The lowest BCUT2D eigenvalue weighted by Gasteiger charge is -2.15. The lowest BCUT2D eigenvalue weighted by molar-refractivity contribution is 0.0698. The van der Waals surface area contributed by atoms with E-state index in [4.69, 9.17) is 10.2 Å². The van der Waals surface area contributed by atoms with E-state index in [0.29, 0.717) is 5.00 Å². The number of carboxylic acids is 1. The Morgan fingerprint density at radius 2 is 2.25 bits per heavy atom. The highest BCUT2D eigenvalue weighted by Crippen LogP contribution is 2.23. The fourth-order valence-corrected chi connectivity index (χ4v) is 1.79. The molecule has 0 aliphatic carbocycles. The second-order valence-corrected chi connectivity index (χ2v) is 3.96. The number of likely N-dealkylation sites (N-methyl/N-ethyl adjacent to an activating group) is 1. The maximum absolute atomic E-state index is 11.5. The first-order valence-corrected chi connectivity index (χ1v) is 5.38. The molecule has 1 rings (SSSR count). The van der Waals surface area contributed by atoms with E-state index in [1.54, 1.807) is 5.38 Å². The van der Waals surface area contributed by atoms with Crippen LogP contribution in [0.4, 0.5) is 9.80 Å². The van der Waals surface area contributed by atoms with E-state index in [0.717, 1.165) is 11.3 Å². The van der Waals surface area contributed by atoms with Crippen molar-refractivity contribution < 1.29 is 19.8 Å². The highest BCUT2D eigenvalue weighted by molar-refractivity contribution is 7.14. The van der Waals surface area contributed by atoms with Crippen LogP contribution in [0.2, 0.25) is 0 Å². The van der Waals surface area contributed by atoms with Gasteiger partial charge in [-0.05, 0) is 11.4 Å². The van der Waals surface area contributed by atoms with Gasteiger partial charge in [0.1, 0.15) is 5.00 Å². The van der Waals surface area contributed by atoms with Gasteiger partial charge >= 0.3 is 12.0 Å². The normalized spacial score (nSPS) is 9.88. The molecule has 6 nitrogen and oxygen atoms in total. The first-order chi connectivity index (χ1) is 7.56. The maximum atomic E-state index is 11.5. The minimum Gasteiger partial charge on any atom is -0.478 e. The fraction of sp³-hybridized carbons (Fsp3) is 0.333. The van der Waals surface area contributed by atoms with Crippen LogP contribution in [0.25, 0.3) is 0 Å². The molecule has 0 atom stereocenters. The zero-order valence-corrected chi connectivity index (χ0v) is 9.45. The quantitative estimate of drug-likeness (QED) is 0.734. The van der Waals surface area contributed by atoms with Crippen molar-refractivity contribution in [2.75, 3.05) is 25.5 Å². The second kappa shape index (κ2) is 5.47. The van der Waals surface area contributed by atoms with Gasteiger partial charge in [0.15, 0.2) is 0 Å². The van der Waals surface area contributed by atoms with Gasteiger partial charge in [-0.1, -0.05) is 0 Å². The Bertz CT molecular complexity index is 391. The van der Waals surface area contributed by atoms with Crippen molar-refractivity contribution in [2.24, 2.45) is 0 Å². The van der Waals surface area contributed by atoms with E-state index >= 15 is 0 Å². The third-order valence-corrected chi connectivity index (χ3v) is 2.73. The lowest BCUT2D eigenvalue weighted by Crippen LogP contribution is -2.33. The Hall–Kier alpha value is -1.60. The number of carboxylic acid groups (broad SMARTS) is 1. The first-order valence-electron chi connectivity index (χ1n) is 4.50. The van der Waals surface area contributed by atoms with Crippen LogP contribution in [0.3, 0.4) is 0 Å². The number of carbonyl (C=O) groups is 2. The minimum absolute atomic E-state index is 0.0655. The maximum Gasteiger partial charge on any atom is 0.338 e. The van der Waals surface area contributed by atoms with Gasteiger partial charge < -0.3 is 15.1 Å². The van der Waals surface area contributed by atoms with E-state index in [-0.39, 0.29) is 18.7 Å². The van der Waals surface area contributed by atoms with Gasteiger partial charge in [-0.2, -0.15) is 0 Å². The van der Waals surface area contributed by atoms with Crippen LogP contribution in [0.5, 0.6) is 0 Å². The molecular formula is C9H12N2O4S. The Labute approximate surface area is 96.1 Å². The van der Waals surface area contributed by atoms with Crippen molar-refractivity contribution in [3.8, 4) is 0 Å². The molecule has 0 unspecified atom stereocenters. The number of anilines is 1. The van der Waals surface area contributed by atoms with Crippen LogP contribution in [-0.2, 0) is 0 Å². The predicted octanol–water partition coefficient (Wildman–Crippen LogP) is 0.902. The molecule has 2 amide bonds. The molecule has 88 valence electrons. The Morgan fingerprint density at radius 3 is 2.81 bits per heavy atom. The van der Waals surface area contributed by atoms with E-state index in [1.165, 1.54) is 18.0 Å². The average molecular weight is 244 g/mol. The number of urea groups is 1. The minimum atomic E-state index is -1.08. The summed E-state index contributed by atoms with van der Waals surface area (Å²) < 4.78 is 0. The SMILES string of the molecule is CN(CCO)C(=O)Nc1sccc1C(=O)O. The lowest BCUT2D eigenvalue weighted by atomic mass is 10.3. The van der Waals surface area contributed by atoms with Gasteiger partial charge in [0.05, 0.1) is 12.2 Å². The molecule has 1 heterocycles. The molecule has 16 heavy (non-hydrogen) atoms. The van der Waals surface area contributed by atoms with E-state index < -0.39 is 12.0 Å². The summed E-state index contributed by atoms with van der Waals surface area (Å²) in [6.45, 7) is 0.0553. The number of rotatable bonds is 4. The molecule has 0 aliphatic heterocycles. The smallest absolute Gasteiger partial charge is 0.338 e. The highest BCUT2D eigenvalue weighted by atomic mass is 32.1. The largest absolute Gasteiger partial charge is 0.478 e. The summed E-state index contributed by atoms with van der Waals surface area (Å²) in [5, 5.41) is 21.8. The molecule has 0 aliphatic rings. The second-order valence-electron chi connectivity index (χ2n) is 3.04. The molecule has 3 N–H and O–H groups in total. The molecule has 0 aromatic carbocycles. The van der Waals surface area contributed by atoms with Crippen molar-refractivity contribution in [1.82, 2.24) is 4.90 Å². The molecular weight excluding hydrogens is 232 g/mol. The molecule has 0 spiro atoms. The molecule has 0 saturated heterocycles. The average Bonchev–Trinajstić information content (AvgIpc) is 2.66. The van der Waals surface area contributed by atoms with Gasteiger partial charge in [0, 0.05) is 13.6 Å². The Balaban J connectivity index is 2.69. The molecule has 1 aromatic rings. The summed E-state index contributed by atoms with van der Waals surface area (Å²) in [5.74, 6) is -1.08.